The maximum absolute atomic E-state index is 13.2. The fourth-order valence-corrected chi connectivity index (χ4v) is 2.41. The number of amides is 1. The molecule has 0 saturated carbocycles. The Labute approximate surface area is 136 Å². The maximum atomic E-state index is 13.2. The number of halogens is 2. The zero-order valence-corrected chi connectivity index (χ0v) is 12.9. The first-order valence-electron chi connectivity index (χ1n) is 6.79. The zero-order valence-electron chi connectivity index (χ0n) is 12.1. The van der Waals surface area contributed by atoms with Crippen LogP contribution in [0.25, 0.3) is 10.8 Å². The molecule has 23 heavy (non-hydrogen) atoms. The Balaban J connectivity index is 1.97. The molecule has 3 rings (SSSR count). The van der Waals surface area contributed by atoms with Gasteiger partial charge in [0.2, 0.25) is 0 Å². The van der Waals surface area contributed by atoms with Gasteiger partial charge in [0.15, 0.2) is 11.0 Å². The molecule has 2 N–H and O–H groups in total. The van der Waals surface area contributed by atoms with Gasteiger partial charge < -0.3 is 10.6 Å². The predicted octanol–water partition coefficient (Wildman–Crippen LogP) is 3.72. The summed E-state index contributed by atoms with van der Waals surface area (Å²) in [5.74, 6) is -0.212. The van der Waals surface area contributed by atoms with Crippen LogP contribution in [0.2, 0.25) is 5.15 Å². The number of carbonyl (C=O) groups is 1. The Morgan fingerprint density at radius 1 is 1.13 bits per heavy atom. The van der Waals surface area contributed by atoms with Crippen molar-refractivity contribution in [2.75, 3.05) is 17.7 Å². The van der Waals surface area contributed by atoms with Crippen molar-refractivity contribution in [1.82, 2.24) is 10.2 Å². The standard InChI is InChI=1S/C16H12ClFN4O/c1-19-15-12-6-5-9(7-13(12)14(17)21-22-15)16(23)20-11-4-2-3-10(18)8-11/h2-8H,1H3,(H,19,22)(H,20,23). The lowest BCUT2D eigenvalue weighted by Gasteiger charge is -2.09. The summed E-state index contributed by atoms with van der Waals surface area (Å²) < 4.78 is 13.2. The summed E-state index contributed by atoms with van der Waals surface area (Å²) in [5, 5.41) is 14.9. The molecule has 1 amide bonds. The monoisotopic (exact) mass is 330 g/mol. The van der Waals surface area contributed by atoms with Crippen molar-refractivity contribution in [3.63, 3.8) is 0 Å². The quantitative estimate of drug-likeness (QED) is 0.768. The number of rotatable bonds is 3. The number of hydrogen-bond donors (Lipinski definition) is 2. The Kier molecular flexibility index (Phi) is 4.08. The van der Waals surface area contributed by atoms with Crippen molar-refractivity contribution in [3.05, 3.63) is 59.0 Å². The van der Waals surface area contributed by atoms with E-state index in [2.05, 4.69) is 20.8 Å². The SMILES string of the molecule is CNc1nnc(Cl)c2cc(C(=O)Nc3cccc(F)c3)ccc12. The smallest absolute Gasteiger partial charge is 0.255 e. The minimum absolute atomic E-state index is 0.208. The van der Waals surface area contributed by atoms with E-state index in [9.17, 15) is 9.18 Å². The van der Waals surface area contributed by atoms with Crippen LogP contribution in [0.15, 0.2) is 42.5 Å². The number of nitrogens with one attached hydrogen (secondary N) is 2. The molecule has 0 unspecified atom stereocenters. The molecular formula is C16H12ClFN4O. The lowest BCUT2D eigenvalue weighted by Crippen LogP contribution is -2.12. The minimum Gasteiger partial charge on any atom is -0.371 e. The van der Waals surface area contributed by atoms with Gasteiger partial charge in [-0.1, -0.05) is 17.7 Å². The van der Waals surface area contributed by atoms with E-state index in [4.69, 9.17) is 11.6 Å². The average Bonchev–Trinajstić information content (AvgIpc) is 2.55. The van der Waals surface area contributed by atoms with Crippen LogP contribution in [0.1, 0.15) is 10.4 Å². The van der Waals surface area contributed by atoms with Gasteiger partial charge in [-0.05, 0) is 36.4 Å². The van der Waals surface area contributed by atoms with Crippen LogP contribution in [0.3, 0.4) is 0 Å². The second-order valence-electron chi connectivity index (χ2n) is 4.81. The third-order valence-corrected chi connectivity index (χ3v) is 3.60. The van der Waals surface area contributed by atoms with Gasteiger partial charge in [-0.15, -0.1) is 10.2 Å². The van der Waals surface area contributed by atoms with Gasteiger partial charge in [0.1, 0.15) is 5.82 Å². The fraction of sp³-hybridized carbons (Fsp3) is 0.0625. The highest BCUT2D eigenvalue weighted by Gasteiger charge is 2.12. The Bertz CT molecular complexity index is 900. The van der Waals surface area contributed by atoms with Crippen molar-refractivity contribution in [2.24, 2.45) is 0 Å². The topological polar surface area (TPSA) is 66.9 Å². The summed E-state index contributed by atoms with van der Waals surface area (Å²) in [6, 6.07) is 10.7. The summed E-state index contributed by atoms with van der Waals surface area (Å²) in [5.41, 5.74) is 0.767. The van der Waals surface area contributed by atoms with Crippen LogP contribution in [-0.2, 0) is 0 Å². The van der Waals surface area contributed by atoms with Gasteiger partial charge in [-0.2, -0.15) is 0 Å². The molecular weight excluding hydrogens is 319 g/mol. The minimum atomic E-state index is -0.418. The molecule has 0 aliphatic carbocycles. The Morgan fingerprint density at radius 3 is 2.70 bits per heavy atom. The molecule has 7 heteroatoms. The van der Waals surface area contributed by atoms with Crippen molar-refractivity contribution < 1.29 is 9.18 Å². The number of aromatic nitrogens is 2. The van der Waals surface area contributed by atoms with Crippen molar-refractivity contribution in [1.29, 1.82) is 0 Å². The molecule has 0 aliphatic rings. The van der Waals surface area contributed by atoms with Crippen molar-refractivity contribution >= 4 is 39.8 Å². The lowest BCUT2D eigenvalue weighted by atomic mass is 10.1. The van der Waals surface area contributed by atoms with E-state index in [0.29, 0.717) is 22.5 Å². The van der Waals surface area contributed by atoms with E-state index >= 15 is 0 Å². The summed E-state index contributed by atoms with van der Waals surface area (Å²) >= 11 is 6.06. The second kappa shape index (κ2) is 6.18. The van der Waals surface area contributed by atoms with E-state index in [0.717, 1.165) is 5.39 Å². The molecule has 5 nitrogen and oxygen atoms in total. The molecule has 1 heterocycles. The number of anilines is 2. The van der Waals surface area contributed by atoms with E-state index in [1.165, 1.54) is 18.2 Å². The first-order chi connectivity index (χ1) is 11.1. The molecule has 0 aliphatic heterocycles. The lowest BCUT2D eigenvalue weighted by molar-refractivity contribution is 0.102. The number of benzene rings is 2. The molecule has 3 aromatic rings. The summed E-state index contributed by atoms with van der Waals surface area (Å²) in [6.45, 7) is 0. The summed E-state index contributed by atoms with van der Waals surface area (Å²) in [4.78, 5) is 12.3. The van der Waals surface area contributed by atoms with Gasteiger partial charge in [0.25, 0.3) is 5.91 Å². The molecule has 116 valence electrons. The predicted molar refractivity (Wildman–Crippen MR) is 88.4 cm³/mol. The van der Waals surface area contributed by atoms with Crippen LogP contribution in [-0.4, -0.2) is 23.2 Å². The van der Waals surface area contributed by atoms with Crippen LogP contribution in [0, 0.1) is 5.82 Å². The first-order valence-corrected chi connectivity index (χ1v) is 7.17. The number of fused-ring (bicyclic) bond motifs is 1. The van der Waals surface area contributed by atoms with E-state index in [1.54, 1.807) is 31.3 Å². The molecule has 0 radical (unpaired) electrons. The number of hydrogen-bond acceptors (Lipinski definition) is 4. The maximum Gasteiger partial charge on any atom is 0.255 e. The molecule has 0 atom stereocenters. The Morgan fingerprint density at radius 2 is 1.96 bits per heavy atom. The zero-order chi connectivity index (χ0) is 16.4. The van der Waals surface area contributed by atoms with Gasteiger partial charge in [0, 0.05) is 29.1 Å². The van der Waals surface area contributed by atoms with Crippen molar-refractivity contribution in [2.45, 2.75) is 0 Å². The summed E-state index contributed by atoms with van der Waals surface area (Å²) in [7, 11) is 1.72. The van der Waals surface area contributed by atoms with Crippen LogP contribution < -0.4 is 10.6 Å². The molecule has 0 fully saturated rings. The van der Waals surface area contributed by atoms with Gasteiger partial charge >= 0.3 is 0 Å². The normalized spacial score (nSPS) is 10.6. The highest BCUT2D eigenvalue weighted by Crippen LogP contribution is 2.27. The largest absolute Gasteiger partial charge is 0.371 e. The fourth-order valence-electron chi connectivity index (χ4n) is 2.22. The molecule has 0 spiro atoms. The van der Waals surface area contributed by atoms with Gasteiger partial charge in [-0.25, -0.2) is 4.39 Å². The van der Waals surface area contributed by atoms with E-state index < -0.39 is 5.82 Å². The van der Waals surface area contributed by atoms with E-state index in [-0.39, 0.29) is 11.1 Å². The second-order valence-corrected chi connectivity index (χ2v) is 5.17. The van der Waals surface area contributed by atoms with Crippen LogP contribution in [0.5, 0.6) is 0 Å². The molecule has 1 aromatic heterocycles. The number of carbonyl (C=O) groups excluding carboxylic acids is 1. The highest BCUT2D eigenvalue weighted by atomic mass is 35.5. The molecule has 0 bridgehead atoms. The first kappa shape index (κ1) is 15.2. The third kappa shape index (κ3) is 3.07. The Hall–Kier alpha value is -2.73. The number of nitrogens with zero attached hydrogens (tertiary/aromatic N) is 2. The molecule has 2 aromatic carbocycles. The third-order valence-electron chi connectivity index (χ3n) is 3.32. The van der Waals surface area contributed by atoms with Crippen LogP contribution >= 0.6 is 11.6 Å². The van der Waals surface area contributed by atoms with Crippen LogP contribution in [0.4, 0.5) is 15.9 Å². The highest BCUT2D eigenvalue weighted by molar-refractivity contribution is 6.34. The van der Waals surface area contributed by atoms with E-state index in [1.807, 2.05) is 0 Å². The average molecular weight is 331 g/mol. The van der Waals surface area contributed by atoms with Gasteiger partial charge in [0.05, 0.1) is 0 Å². The molecule has 0 saturated heterocycles. The van der Waals surface area contributed by atoms with Gasteiger partial charge in [-0.3, -0.25) is 4.79 Å². The summed E-state index contributed by atoms with van der Waals surface area (Å²) in [6.07, 6.45) is 0. The van der Waals surface area contributed by atoms with Crippen molar-refractivity contribution in [3.8, 4) is 0 Å².